The van der Waals surface area contributed by atoms with Crippen LogP contribution in [0.2, 0.25) is 0 Å². The van der Waals surface area contributed by atoms with E-state index in [-0.39, 0.29) is 24.0 Å². The largest absolute Gasteiger partial charge is 0.383 e. The Hall–Kier alpha value is -2.87. The molecule has 0 bridgehead atoms. The Bertz CT molecular complexity index is 882. The van der Waals surface area contributed by atoms with E-state index in [4.69, 9.17) is 10.5 Å². The van der Waals surface area contributed by atoms with Crippen LogP contribution in [0.15, 0.2) is 39.9 Å². The molecule has 0 radical (unpaired) electrons. The molecule has 3 rings (SSSR count). The van der Waals surface area contributed by atoms with Crippen molar-refractivity contribution in [2.45, 2.75) is 25.5 Å². The Kier molecular flexibility index (Phi) is 4.71. The molecule has 1 amide bonds. The Balaban J connectivity index is 1.99. The second kappa shape index (κ2) is 6.94. The van der Waals surface area contributed by atoms with Crippen molar-refractivity contribution in [1.29, 1.82) is 0 Å². The van der Waals surface area contributed by atoms with Gasteiger partial charge in [-0.05, 0) is 18.4 Å². The van der Waals surface area contributed by atoms with Crippen molar-refractivity contribution in [3.63, 3.8) is 0 Å². The highest BCUT2D eigenvalue weighted by molar-refractivity contribution is 5.98. The number of amides is 1. The molecule has 2 heterocycles. The number of hydrogen-bond acceptors (Lipinski definition) is 5. The molecule has 25 heavy (non-hydrogen) atoms. The highest BCUT2D eigenvalue weighted by atomic mass is 16.5. The van der Waals surface area contributed by atoms with Gasteiger partial charge in [0.25, 0.3) is 11.5 Å². The molecule has 1 fully saturated rings. The van der Waals surface area contributed by atoms with Gasteiger partial charge in [-0.15, -0.1) is 0 Å². The summed E-state index contributed by atoms with van der Waals surface area (Å²) in [4.78, 5) is 40.3. The quantitative estimate of drug-likeness (QED) is 0.829. The molecule has 132 valence electrons. The van der Waals surface area contributed by atoms with Gasteiger partial charge < -0.3 is 15.4 Å². The van der Waals surface area contributed by atoms with Crippen LogP contribution in [0, 0.1) is 0 Å². The summed E-state index contributed by atoms with van der Waals surface area (Å²) in [5.41, 5.74) is 5.57. The lowest BCUT2D eigenvalue weighted by Crippen LogP contribution is -2.42. The summed E-state index contributed by atoms with van der Waals surface area (Å²) < 4.78 is 6.62. The Morgan fingerprint density at radius 2 is 2.08 bits per heavy atom. The van der Waals surface area contributed by atoms with Gasteiger partial charge in [-0.3, -0.25) is 19.1 Å². The van der Waals surface area contributed by atoms with Crippen LogP contribution in [0.1, 0.15) is 18.4 Å². The number of carbonyl (C=O) groups excluding carboxylic acids is 1. The number of nitrogen functional groups attached to an aromatic ring is 1. The fourth-order valence-electron chi connectivity index (χ4n) is 2.92. The first-order chi connectivity index (χ1) is 12.0. The van der Waals surface area contributed by atoms with E-state index in [1.54, 1.807) is 0 Å². The van der Waals surface area contributed by atoms with Crippen molar-refractivity contribution < 1.29 is 9.53 Å². The van der Waals surface area contributed by atoms with Crippen molar-refractivity contribution >= 4 is 17.4 Å². The minimum atomic E-state index is -0.694. The third kappa shape index (κ3) is 3.34. The highest BCUT2D eigenvalue weighted by Gasteiger charge is 2.30. The van der Waals surface area contributed by atoms with Crippen LogP contribution in [-0.4, -0.2) is 35.2 Å². The van der Waals surface area contributed by atoms with E-state index in [0.717, 1.165) is 12.0 Å². The molecule has 8 nitrogen and oxygen atoms in total. The van der Waals surface area contributed by atoms with E-state index in [0.29, 0.717) is 13.0 Å². The first-order valence-corrected chi connectivity index (χ1v) is 8.04. The smallest absolute Gasteiger partial charge is 0.330 e. The van der Waals surface area contributed by atoms with Crippen molar-refractivity contribution in [2.75, 3.05) is 24.3 Å². The summed E-state index contributed by atoms with van der Waals surface area (Å²) in [5.74, 6) is -0.397. The standard InChI is InChI=1S/C17H20N4O4/c1-20(16(23)12-8-5-9-25-12)13-14(18)21(17(24)19-15(13)22)10-11-6-3-2-4-7-11/h2-4,6-7,12H,5,8-10,18H2,1H3,(H,19,22,24)/t12-/m0/s1. The Morgan fingerprint density at radius 1 is 1.36 bits per heavy atom. The fraction of sp³-hybridized carbons (Fsp3) is 0.353. The second-order valence-corrected chi connectivity index (χ2v) is 5.96. The third-order valence-electron chi connectivity index (χ3n) is 4.27. The fourth-order valence-corrected chi connectivity index (χ4v) is 2.92. The first kappa shape index (κ1) is 17.0. The van der Waals surface area contributed by atoms with Gasteiger partial charge in [0.1, 0.15) is 11.9 Å². The van der Waals surface area contributed by atoms with Crippen molar-refractivity contribution in [2.24, 2.45) is 0 Å². The molecule has 3 N–H and O–H groups in total. The van der Waals surface area contributed by atoms with E-state index in [2.05, 4.69) is 4.98 Å². The minimum absolute atomic E-state index is 0.0453. The summed E-state index contributed by atoms with van der Waals surface area (Å²) in [6, 6.07) is 9.24. The SMILES string of the molecule is CN(C(=O)[C@@H]1CCCO1)c1c(N)n(Cc2ccccc2)c(=O)[nH]c1=O. The van der Waals surface area contributed by atoms with Crippen LogP contribution < -0.4 is 21.9 Å². The number of nitrogens with zero attached hydrogens (tertiary/aromatic N) is 2. The van der Waals surface area contributed by atoms with Gasteiger partial charge in [0.2, 0.25) is 0 Å². The second-order valence-electron chi connectivity index (χ2n) is 5.96. The van der Waals surface area contributed by atoms with Gasteiger partial charge in [0.15, 0.2) is 5.69 Å². The van der Waals surface area contributed by atoms with Crippen molar-refractivity contribution in [3.05, 3.63) is 56.7 Å². The lowest BCUT2D eigenvalue weighted by atomic mass is 10.2. The van der Waals surface area contributed by atoms with Crippen LogP contribution in [0.3, 0.4) is 0 Å². The maximum absolute atomic E-state index is 12.5. The average molecular weight is 344 g/mol. The van der Waals surface area contributed by atoms with Gasteiger partial charge in [0, 0.05) is 13.7 Å². The lowest BCUT2D eigenvalue weighted by Gasteiger charge is -2.22. The predicted octanol–water partition coefficient (Wildman–Crippen LogP) is 0.309. The van der Waals surface area contributed by atoms with Crippen molar-refractivity contribution in [3.8, 4) is 0 Å². The molecule has 2 aromatic rings. The summed E-state index contributed by atoms with van der Waals surface area (Å²) in [6.45, 7) is 0.709. The third-order valence-corrected chi connectivity index (χ3v) is 4.27. The molecule has 0 unspecified atom stereocenters. The van der Waals surface area contributed by atoms with Crippen LogP contribution in [0.5, 0.6) is 0 Å². The number of aromatic nitrogens is 2. The zero-order chi connectivity index (χ0) is 18.0. The summed E-state index contributed by atoms with van der Waals surface area (Å²) in [6.07, 6.45) is 0.812. The Labute approximate surface area is 143 Å². The summed E-state index contributed by atoms with van der Waals surface area (Å²) >= 11 is 0. The highest BCUT2D eigenvalue weighted by Crippen LogP contribution is 2.21. The molecule has 1 atom stereocenters. The molecule has 0 spiro atoms. The topological polar surface area (TPSA) is 110 Å². The van der Waals surface area contributed by atoms with Gasteiger partial charge in [-0.2, -0.15) is 0 Å². The maximum atomic E-state index is 12.5. The molecule has 1 aliphatic heterocycles. The summed E-state index contributed by atoms with van der Waals surface area (Å²) in [5, 5.41) is 0. The number of likely N-dealkylation sites (N-methyl/N-ethyl adjacent to an activating group) is 1. The van der Waals surface area contributed by atoms with E-state index in [1.807, 2.05) is 30.3 Å². The lowest BCUT2D eigenvalue weighted by molar-refractivity contribution is -0.127. The van der Waals surface area contributed by atoms with Crippen LogP contribution in [-0.2, 0) is 16.1 Å². The van der Waals surface area contributed by atoms with E-state index in [9.17, 15) is 14.4 Å². The van der Waals surface area contributed by atoms with E-state index in [1.165, 1.54) is 16.5 Å². The molecular weight excluding hydrogens is 324 g/mol. The van der Waals surface area contributed by atoms with Crippen molar-refractivity contribution in [1.82, 2.24) is 9.55 Å². The number of H-pyrrole nitrogens is 1. The van der Waals surface area contributed by atoms with Gasteiger partial charge in [-0.1, -0.05) is 30.3 Å². The zero-order valence-electron chi connectivity index (χ0n) is 13.9. The minimum Gasteiger partial charge on any atom is -0.383 e. The van der Waals surface area contributed by atoms with E-state index >= 15 is 0 Å². The molecule has 1 saturated heterocycles. The number of aromatic amines is 1. The first-order valence-electron chi connectivity index (χ1n) is 8.04. The number of benzene rings is 1. The maximum Gasteiger partial charge on any atom is 0.330 e. The Morgan fingerprint density at radius 3 is 2.72 bits per heavy atom. The monoisotopic (exact) mass is 344 g/mol. The molecule has 1 aromatic carbocycles. The number of carbonyl (C=O) groups is 1. The van der Waals surface area contributed by atoms with E-state index < -0.39 is 17.4 Å². The molecular formula is C17H20N4O4. The molecule has 8 heteroatoms. The van der Waals surface area contributed by atoms with Gasteiger partial charge in [-0.25, -0.2) is 4.79 Å². The number of nitrogens with one attached hydrogen (secondary N) is 1. The van der Waals surface area contributed by atoms with Crippen LogP contribution >= 0.6 is 0 Å². The number of hydrogen-bond donors (Lipinski definition) is 2. The normalized spacial score (nSPS) is 16.8. The number of ether oxygens (including phenoxy) is 1. The van der Waals surface area contributed by atoms with Crippen LogP contribution in [0.25, 0.3) is 0 Å². The van der Waals surface area contributed by atoms with Crippen LogP contribution in [0.4, 0.5) is 11.5 Å². The molecule has 1 aromatic heterocycles. The van der Waals surface area contributed by atoms with Gasteiger partial charge in [0.05, 0.1) is 6.54 Å². The molecule has 0 aliphatic carbocycles. The average Bonchev–Trinajstić information content (AvgIpc) is 3.13. The predicted molar refractivity (Wildman–Crippen MR) is 93.7 cm³/mol. The summed E-state index contributed by atoms with van der Waals surface area (Å²) in [7, 11) is 1.46. The number of nitrogens with two attached hydrogens (primary N) is 1. The molecule has 0 saturated carbocycles. The zero-order valence-corrected chi connectivity index (χ0v) is 13.9. The molecule has 1 aliphatic rings. The number of rotatable bonds is 4. The number of anilines is 2. The van der Waals surface area contributed by atoms with Gasteiger partial charge >= 0.3 is 5.69 Å².